The topological polar surface area (TPSA) is 24.9 Å². The van der Waals surface area contributed by atoms with Crippen molar-refractivity contribution in [3.05, 3.63) is 29.6 Å². The van der Waals surface area contributed by atoms with Crippen molar-refractivity contribution in [2.24, 2.45) is 0 Å². The molecule has 3 heteroatoms. The Bertz CT molecular complexity index is 283. The molecule has 0 aromatic carbocycles. The van der Waals surface area contributed by atoms with E-state index in [0.717, 1.165) is 5.69 Å². The van der Waals surface area contributed by atoms with Crippen molar-refractivity contribution in [2.75, 3.05) is 5.75 Å². The molecule has 1 N–H and O–H groups in total. The van der Waals surface area contributed by atoms with Gasteiger partial charge >= 0.3 is 0 Å². The standard InChI is InChI=1S/C10H14N2S/c1-7-3-4-9(5-11-7)10-12-8(2)6-13-10/h3-5,8,10,12H,6H2,1-2H3. The van der Waals surface area contributed by atoms with Gasteiger partial charge in [-0.3, -0.25) is 10.3 Å². The van der Waals surface area contributed by atoms with E-state index < -0.39 is 0 Å². The van der Waals surface area contributed by atoms with Gasteiger partial charge in [0.25, 0.3) is 0 Å². The van der Waals surface area contributed by atoms with Gasteiger partial charge in [0, 0.05) is 23.7 Å². The smallest absolute Gasteiger partial charge is 0.0807 e. The quantitative estimate of drug-likeness (QED) is 0.741. The zero-order valence-electron chi connectivity index (χ0n) is 7.95. The number of thioether (sulfide) groups is 1. The lowest BCUT2D eigenvalue weighted by Crippen LogP contribution is -2.21. The van der Waals surface area contributed by atoms with Crippen LogP contribution in [0.15, 0.2) is 18.3 Å². The minimum atomic E-state index is 0.447. The predicted molar refractivity (Wildman–Crippen MR) is 56.8 cm³/mol. The second-order valence-electron chi connectivity index (χ2n) is 3.51. The number of hydrogen-bond donors (Lipinski definition) is 1. The van der Waals surface area contributed by atoms with Crippen LogP contribution in [0, 0.1) is 6.92 Å². The number of rotatable bonds is 1. The Balaban J connectivity index is 2.13. The fraction of sp³-hybridized carbons (Fsp3) is 0.500. The number of aryl methyl sites for hydroxylation is 1. The molecular formula is C10H14N2S. The van der Waals surface area contributed by atoms with Crippen LogP contribution in [-0.4, -0.2) is 16.8 Å². The van der Waals surface area contributed by atoms with Crippen molar-refractivity contribution >= 4 is 11.8 Å². The van der Waals surface area contributed by atoms with Crippen molar-refractivity contribution in [2.45, 2.75) is 25.3 Å². The van der Waals surface area contributed by atoms with Gasteiger partial charge in [-0.15, -0.1) is 11.8 Å². The Kier molecular flexibility index (Phi) is 2.56. The fourth-order valence-corrected chi connectivity index (χ4v) is 2.66. The van der Waals surface area contributed by atoms with Crippen molar-refractivity contribution in [1.29, 1.82) is 0 Å². The SMILES string of the molecule is Cc1ccc(C2NC(C)CS2)cn1. The van der Waals surface area contributed by atoms with Crippen molar-refractivity contribution in [3.63, 3.8) is 0 Å². The summed E-state index contributed by atoms with van der Waals surface area (Å²) in [5.74, 6) is 1.19. The Morgan fingerprint density at radius 2 is 2.38 bits per heavy atom. The van der Waals surface area contributed by atoms with Gasteiger partial charge in [-0.2, -0.15) is 0 Å². The summed E-state index contributed by atoms with van der Waals surface area (Å²) < 4.78 is 0. The zero-order valence-corrected chi connectivity index (χ0v) is 8.77. The summed E-state index contributed by atoms with van der Waals surface area (Å²) in [6.45, 7) is 4.23. The van der Waals surface area contributed by atoms with Crippen LogP contribution in [0.5, 0.6) is 0 Å². The molecule has 1 aliphatic rings. The Morgan fingerprint density at radius 1 is 1.54 bits per heavy atom. The second-order valence-corrected chi connectivity index (χ2v) is 4.65. The van der Waals surface area contributed by atoms with Crippen LogP contribution in [0.4, 0.5) is 0 Å². The molecule has 0 amide bonds. The maximum Gasteiger partial charge on any atom is 0.0807 e. The van der Waals surface area contributed by atoms with Gasteiger partial charge < -0.3 is 0 Å². The second kappa shape index (κ2) is 3.68. The molecule has 2 atom stereocenters. The lowest BCUT2D eigenvalue weighted by Gasteiger charge is -2.10. The number of hydrogen-bond acceptors (Lipinski definition) is 3. The normalized spacial score (nSPS) is 27.8. The highest BCUT2D eigenvalue weighted by atomic mass is 32.2. The number of pyridine rings is 1. The van der Waals surface area contributed by atoms with E-state index >= 15 is 0 Å². The highest BCUT2D eigenvalue weighted by Gasteiger charge is 2.21. The van der Waals surface area contributed by atoms with Crippen LogP contribution >= 0.6 is 11.8 Å². The predicted octanol–water partition coefficient (Wildman–Crippen LogP) is 2.11. The van der Waals surface area contributed by atoms with Gasteiger partial charge in [0.05, 0.1) is 5.37 Å². The highest BCUT2D eigenvalue weighted by Crippen LogP contribution is 2.31. The average molecular weight is 194 g/mol. The summed E-state index contributed by atoms with van der Waals surface area (Å²) in [6.07, 6.45) is 1.97. The van der Waals surface area contributed by atoms with E-state index in [4.69, 9.17) is 0 Å². The van der Waals surface area contributed by atoms with E-state index in [1.165, 1.54) is 11.3 Å². The van der Waals surface area contributed by atoms with Crippen LogP contribution in [-0.2, 0) is 0 Å². The van der Waals surface area contributed by atoms with E-state index in [0.29, 0.717) is 11.4 Å². The van der Waals surface area contributed by atoms with E-state index in [1.807, 2.05) is 24.9 Å². The highest BCUT2D eigenvalue weighted by molar-refractivity contribution is 7.99. The monoisotopic (exact) mass is 194 g/mol. The van der Waals surface area contributed by atoms with E-state index in [2.05, 4.69) is 29.4 Å². The van der Waals surface area contributed by atoms with Crippen LogP contribution in [0.25, 0.3) is 0 Å². The number of aromatic nitrogens is 1. The minimum absolute atomic E-state index is 0.447. The summed E-state index contributed by atoms with van der Waals surface area (Å²) in [4.78, 5) is 4.30. The molecule has 13 heavy (non-hydrogen) atoms. The Hall–Kier alpha value is -0.540. The molecule has 0 spiro atoms. The molecule has 2 unspecified atom stereocenters. The third kappa shape index (κ3) is 2.03. The molecule has 2 nitrogen and oxygen atoms in total. The van der Waals surface area contributed by atoms with Crippen LogP contribution in [0.2, 0.25) is 0 Å². The molecular weight excluding hydrogens is 180 g/mol. The number of nitrogens with zero attached hydrogens (tertiary/aromatic N) is 1. The molecule has 0 saturated carbocycles. The molecule has 0 radical (unpaired) electrons. The van der Waals surface area contributed by atoms with Gasteiger partial charge in [-0.05, 0) is 25.5 Å². The molecule has 1 aromatic heterocycles. The first-order chi connectivity index (χ1) is 6.25. The average Bonchev–Trinajstić information content (AvgIpc) is 2.53. The summed E-state index contributed by atoms with van der Waals surface area (Å²) in [5, 5.41) is 3.96. The maximum absolute atomic E-state index is 4.30. The first-order valence-electron chi connectivity index (χ1n) is 4.56. The third-order valence-electron chi connectivity index (χ3n) is 2.19. The third-order valence-corrected chi connectivity index (χ3v) is 3.62. The molecule has 2 heterocycles. The molecule has 1 aliphatic heterocycles. The first-order valence-corrected chi connectivity index (χ1v) is 5.61. The Morgan fingerprint density at radius 3 is 2.92 bits per heavy atom. The molecule has 0 aliphatic carbocycles. The van der Waals surface area contributed by atoms with E-state index in [9.17, 15) is 0 Å². The van der Waals surface area contributed by atoms with Gasteiger partial charge in [0.1, 0.15) is 0 Å². The summed E-state index contributed by atoms with van der Waals surface area (Å²) in [6, 6.07) is 4.85. The minimum Gasteiger partial charge on any atom is -0.298 e. The zero-order chi connectivity index (χ0) is 9.26. The van der Waals surface area contributed by atoms with E-state index in [-0.39, 0.29) is 0 Å². The summed E-state index contributed by atoms with van der Waals surface area (Å²) >= 11 is 1.96. The van der Waals surface area contributed by atoms with Crippen LogP contribution in [0.3, 0.4) is 0 Å². The van der Waals surface area contributed by atoms with Crippen molar-refractivity contribution < 1.29 is 0 Å². The summed E-state index contributed by atoms with van der Waals surface area (Å²) in [5.41, 5.74) is 2.37. The van der Waals surface area contributed by atoms with E-state index in [1.54, 1.807) is 0 Å². The Labute approximate surface area is 83.1 Å². The van der Waals surface area contributed by atoms with Crippen LogP contribution in [0.1, 0.15) is 23.6 Å². The maximum atomic E-state index is 4.30. The number of nitrogens with one attached hydrogen (secondary N) is 1. The first kappa shape index (κ1) is 9.03. The van der Waals surface area contributed by atoms with Gasteiger partial charge in [-0.1, -0.05) is 6.07 Å². The van der Waals surface area contributed by atoms with Crippen molar-refractivity contribution in [1.82, 2.24) is 10.3 Å². The summed E-state index contributed by atoms with van der Waals surface area (Å²) in [7, 11) is 0. The lowest BCUT2D eigenvalue weighted by molar-refractivity contribution is 0.617. The van der Waals surface area contributed by atoms with Gasteiger partial charge in [0.15, 0.2) is 0 Å². The van der Waals surface area contributed by atoms with Gasteiger partial charge in [0.2, 0.25) is 0 Å². The largest absolute Gasteiger partial charge is 0.298 e. The molecule has 70 valence electrons. The van der Waals surface area contributed by atoms with Crippen molar-refractivity contribution in [3.8, 4) is 0 Å². The molecule has 1 fully saturated rings. The molecule has 0 bridgehead atoms. The van der Waals surface area contributed by atoms with Gasteiger partial charge in [-0.25, -0.2) is 0 Å². The molecule has 1 saturated heterocycles. The van der Waals surface area contributed by atoms with Crippen LogP contribution < -0.4 is 5.32 Å². The molecule has 2 rings (SSSR count). The molecule has 1 aromatic rings. The fourth-order valence-electron chi connectivity index (χ4n) is 1.42. The lowest BCUT2D eigenvalue weighted by atomic mass is 10.2.